The van der Waals surface area contributed by atoms with Crippen molar-refractivity contribution < 1.29 is 5.11 Å². The molecule has 0 atom stereocenters. The van der Waals surface area contributed by atoms with Crippen LogP contribution < -0.4 is 0 Å². The van der Waals surface area contributed by atoms with Gasteiger partial charge in [0.2, 0.25) is 0 Å². The normalized spacial score (nSPS) is 12.6. The van der Waals surface area contributed by atoms with Crippen LogP contribution in [0.2, 0.25) is 0 Å². The smallest absolute Gasteiger partial charge is 0.0855 e. The van der Waals surface area contributed by atoms with E-state index in [1.165, 1.54) is 5.57 Å². The monoisotopic (exact) mass is 259 g/mol. The maximum absolute atomic E-state index is 10.1. The highest BCUT2D eigenvalue weighted by Crippen LogP contribution is 2.25. The Kier molecular flexibility index (Phi) is 5.49. The molecule has 1 N–H and O–H groups in total. The van der Waals surface area contributed by atoms with E-state index in [0.29, 0.717) is 0 Å². The van der Waals surface area contributed by atoms with Gasteiger partial charge >= 0.3 is 0 Å². The predicted octanol–water partition coefficient (Wildman–Crippen LogP) is 4.46. The van der Waals surface area contributed by atoms with Gasteiger partial charge in [-0.05, 0) is 43.9 Å². The van der Waals surface area contributed by atoms with E-state index >= 15 is 0 Å². The molecule has 0 saturated heterocycles. The second kappa shape index (κ2) is 6.67. The minimum atomic E-state index is -0.859. The quantitative estimate of drug-likeness (QED) is 0.765. The number of aromatic nitrogens is 1. The molecule has 1 aromatic rings. The molecular formula is C17H25NO. The second-order valence-corrected chi connectivity index (χ2v) is 5.45. The summed E-state index contributed by atoms with van der Waals surface area (Å²) in [6, 6.07) is 2.02. The number of hydrogen-bond acceptors (Lipinski definition) is 2. The minimum absolute atomic E-state index is 0.838. The first-order chi connectivity index (χ1) is 8.88. The van der Waals surface area contributed by atoms with Crippen molar-refractivity contribution in [3.8, 4) is 0 Å². The Balaban J connectivity index is 3.09. The molecule has 2 heteroatoms. The van der Waals surface area contributed by atoms with Gasteiger partial charge in [0.05, 0.1) is 5.60 Å². The van der Waals surface area contributed by atoms with Gasteiger partial charge in [0, 0.05) is 18.0 Å². The lowest BCUT2D eigenvalue weighted by Crippen LogP contribution is -2.16. The molecule has 0 bridgehead atoms. The maximum atomic E-state index is 10.1. The molecule has 0 aliphatic carbocycles. The average Bonchev–Trinajstić information content (AvgIpc) is 2.35. The van der Waals surface area contributed by atoms with Gasteiger partial charge in [0.25, 0.3) is 0 Å². The molecule has 19 heavy (non-hydrogen) atoms. The van der Waals surface area contributed by atoms with Crippen molar-refractivity contribution in [1.29, 1.82) is 0 Å². The Morgan fingerprint density at radius 3 is 2.58 bits per heavy atom. The Labute approximate surface area is 116 Å². The highest BCUT2D eigenvalue weighted by atomic mass is 16.3. The molecule has 1 rings (SSSR count). The summed E-state index contributed by atoms with van der Waals surface area (Å²) in [6.45, 7) is 11.9. The van der Waals surface area contributed by atoms with Crippen LogP contribution in [0.15, 0.2) is 36.7 Å². The zero-order valence-corrected chi connectivity index (χ0v) is 12.5. The fourth-order valence-electron chi connectivity index (χ4n) is 1.98. The van der Waals surface area contributed by atoms with Gasteiger partial charge in [0.15, 0.2) is 0 Å². The van der Waals surface area contributed by atoms with E-state index in [2.05, 4.69) is 31.5 Å². The summed E-state index contributed by atoms with van der Waals surface area (Å²) in [6.07, 6.45) is 8.77. The van der Waals surface area contributed by atoms with Crippen LogP contribution in [0.1, 0.15) is 58.1 Å². The van der Waals surface area contributed by atoms with Crippen molar-refractivity contribution in [2.45, 2.75) is 52.6 Å². The number of hydrogen-bond donors (Lipinski definition) is 1. The molecule has 0 radical (unpaired) electrons. The molecule has 1 heterocycles. The minimum Gasteiger partial charge on any atom is -0.386 e. The van der Waals surface area contributed by atoms with Gasteiger partial charge < -0.3 is 5.11 Å². The third-order valence-corrected chi connectivity index (χ3v) is 3.15. The lowest BCUT2D eigenvalue weighted by molar-refractivity contribution is 0.0782. The molecule has 104 valence electrons. The molecular weight excluding hydrogens is 234 g/mol. The van der Waals surface area contributed by atoms with Crippen LogP contribution in [0, 0.1) is 0 Å². The molecule has 0 saturated carbocycles. The molecule has 0 spiro atoms. The van der Waals surface area contributed by atoms with Crippen molar-refractivity contribution in [1.82, 2.24) is 4.98 Å². The van der Waals surface area contributed by atoms with E-state index < -0.39 is 5.60 Å². The number of nitrogens with zero attached hydrogens (tertiary/aromatic N) is 1. The first kappa shape index (κ1) is 15.6. The van der Waals surface area contributed by atoms with Gasteiger partial charge in [0.1, 0.15) is 0 Å². The molecule has 0 aliphatic rings. The summed E-state index contributed by atoms with van der Waals surface area (Å²) in [5, 5.41) is 10.1. The standard InChI is InChI=1S/C17H25NO/c1-6-8-13(3)9-14(7-2)15-10-16(12-18-11-15)17(4,5)19/h9-12,19H,3,6-8H2,1-2,4-5H3. The summed E-state index contributed by atoms with van der Waals surface area (Å²) in [4.78, 5) is 4.24. The lowest BCUT2D eigenvalue weighted by Gasteiger charge is -2.18. The summed E-state index contributed by atoms with van der Waals surface area (Å²) in [5.74, 6) is 0. The Bertz CT molecular complexity index is 466. The number of aliphatic hydroxyl groups is 1. The fraction of sp³-hybridized carbons (Fsp3) is 0.471. The SMILES string of the molecule is C=C(C=C(CC)c1cncc(C(C)(C)O)c1)CCC. The van der Waals surface area contributed by atoms with Gasteiger partial charge in [-0.15, -0.1) is 0 Å². The van der Waals surface area contributed by atoms with Crippen LogP contribution >= 0.6 is 0 Å². The van der Waals surface area contributed by atoms with Crippen LogP contribution in [0.5, 0.6) is 0 Å². The maximum Gasteiger partial charge on any atom is 0.0855 e. The van der Waals surface area contributed by atoms with E-state index in [9.17, 15) is 5.11 Å². The van der Waals surface area contributed by atoms with Crippen molar-refractivity contribution >= 4 is 5.57 Å². The summed E-state index contributed by atoms with van der Waals surface area (Å²) < 4.78 is 0. The van der Waals surface area contributed by atoms with E-state index in [4.69, 9.17) is 0 Å². The van der Waals surface area contributed by atoms with E-state index in [0.717, 1.165) is 36.0 Å². The van der Waals surface area contributed by atoms with E-state index in [1.807, 2.05) is 12.3 Å². The van der Waals surface area contributed by atoms with Gasteiger partial charge in [-0.1, -0.05) is 38.5 Å². The van der Waals surface area contributed by atoms with Crippen LogP contribution in [0.25, 0.3) is 5.57 Å². The van der Waals surface area contributed by atoms with Crippen LogP contribution in [0.3, 0.4) is 0 Å². The largest absolute Gasteiger partial charge is 0.386 e. The van der Waals surface area contributed by atoms with Gasteiger partial charge in [-0.25, -0.2) is 0 Å². The Morgan fingerprint density at radius 2 is 2.05 bits per heavy atom. The van der Waals surface area contributed by atoms with Crippen molar-refractivity contribution in [2.24, 2.45) is 0 Å². The summed E-state index contributed by atoms with van der Waals surface area (Å²) in [5.41, 5.74) is 3.41. The summed E-state index contributed by atoms with van der Waals surface area (Å²) in [7, 11) is 0. The first-order valence-electron chi connectivity index (χ1n) is 6.95. The molecule has 0 unspecified atom stereocenters. The average molecular weight is 259 g/mol. The highest BCUT2D eigenvalue weighted by Gasteiger charge is 2.17. The zero-order valence-electron chi connectivity index (χ0n) is 12.5. The first-order valence-corrected chi connectivity index (χ1v) is 6.95. The van der Waals surface area contributed by atoms with Crippen LogP contribution in [-0.4, -0.2) is 10.1 Å². The molecule has 0 amide bonds. The molecule has 1 aromatic heterocycles. The zero-order chi connectivity index (χ0) is 14.5. The highest BCUT2D eigenvalue weighted by molar-refractivity contribution is 5.67. The number of allylic oxidation sites excluding steroid dienone is 3. The topological polar surface area (TPSA) is 33.1 Å². The van der Waals surface area contributed by atoms with Crippen molar-refractivity contribution in [3.05, 3.63) is 47.8 Å². The third kappa shape index (κ3) is 4.64. The van der Waals surface area contributed by atoms with Crippen molar-refractivity contribution in [3.63, 3.8) is 0 Å². The number of rotatable bonds is 6. The predicted molar refractivity (Wildman–Crippen MR) is 81.8 cm³/mol. The molecule has 2 nitrogen and oxygen atoms in total. The number of pyridine rings is 1. The Hall–Kier alpha value is -1.41. The van der Waals surface area contributed by atoms with Crippen LogP contribution in [-0.2, 0) is 5.60 Å². The van der Waals surface area contributed by atoms with Gasteiger partial charge in [-0.2, -0.15) is 0 Å². The lowest BCUT2D eigenvalue weighted by atomic mass is 9.95. The Morgan fingerprint density at radius 1 is 1.37 bits per heavy atom. The third-order valence-electron chi connectivity index (χ3n) is 3.15. The summed E-state index contributed by atoms with van der Waals surface area (Å²) >= 11 is 0. The van der Waals surface area contributed by atoms with Crippen LogP contribution in [0.4, 0.5) is 0 Å². The second-order valence-electron chi connectivity index (χ2n) is 5.45. The molecule has 0 fully saturated rings. The molecule has 0 aromatic carbocycles. The fourth-order valence-corrected chi connectivity index (χ4v) is 1.98. The van der Waals surface area contributed by atoms with E-state index in [1.54, 1.807) is 20.0 Å². The molecule has 0 aliphatic heterocycles. The van der Waals surface area contributed by atoms with Gasteiger partial charge in [-0.3, -0.25) is 4.98 Å². The van der Waals surface area contributed by atoms with E-state index in [-0.39, 0.29) is 0 Å². The van der Waals surface area contributed by atoms with Crippen molar-refractivity contribution in [2.75, 3.05) is 0 Å².